The summed E-state index contributed by atoms with van der Waals surface area (Å²) in [5, 5.41) is 13.5. The van der Waals surface area contributed by atoms with Crippen molar-refractivity contribution in [3.63, 3.8) is 0 Å². The first kappa shape index (κ1) is 58.6. The smallest absolute Gasteiger partial charge is 0.228 e. The molecule has 7 aromatic rings. The zero-order valence-electron chi connectivity index (χ0n) is 53.6. The van der Waals surface area contributed by atoms with Gasteiger partial charge >= 0.3 is 0 Å². The van der Waals surface area contributed by atoms with Crippen molar-refractivity contribution in [2.75, 3.05) is 21.3 Å². The third kappa shape index (κ3) is 11.0. The lowest BCUT2D eigenvalue weighted by atomic mass is 9.86. The van der Waals surface area contributed by atoms with E-state index in [0.717, 1.165) is 87.0 Å². The first-order valence-corrected chi connectivity index (χ1v) is 31.6. The van der Waals surface area contributed by atoms with Crippen LogP contribution in [0.3, 0.4) is 0 Å². The number of hydrogen-bond acceptors (Lipinski definition) is 6. The van der Waals surface area contributed by atoms with E-state index in [4.69, 9.17) is 9.97 Å². The second-order valence-corrected chi connectivity index (χ2v) is 30.8. The molecular weight excluding hydrogens is 1090 g/mol. The average molecular weight is 1170 g/mol. The first-order valence-electron chi connectivity index (χ1n) is 31.6. The number of H-pyrrole nitrogens is 2. The van der Waals surface area contributed by atoms with Gasteiger partial charge < -0.3 is 31.2 Å². The van der Waals surface area contributed by atoms with Crippen LogP contribution in [0.2, 0.25) is 0 Å². The Hall–Kier alpha value is -8.38. The van der Waals surface area contributed by atoms with E-state index in [1.54, 1.807) is 0 Å². The van der Waals surface area contributed by atoms with Crippen molar-refractivity contribution in [3.8, 4) is 44.5 Å². The predicted molar refractivity (Wildman–Crippen MR) is 359 cm³/mol. The van der Waals surface area contributed by atoms with Crippen LogP contribution in [-0.4, -0.2) is 43.6 Å². The maximum atomic E-state index is 14.4. The second-order valence-electron chi connectivity index (χ2n) is 30.8. The molecule has 5 heterocycles. The number of hydrogen-bond donors (Lipinski definition) is 6. The molecule has 4 fully saturated rings. The van der Waals surface area contributed by atoms with Crippen molar-refractivity contribution in [2.24, 2.45) is 45.3 Å². The Morgan fingerprint density at radius 1 is 0.386 bits per heavy atom. The molecule has 2 aliphatic heterocycles. The van der Waals surface area contributed by atoms with E-state index in [2.05, 4.69) is 207 Å². The molecule has 8 bridgehead atoms. The quantitative estimate of drug-likeness (QED) is 0.0710. The Morgan fingerprint density at radius 3 is 1.03 bits per heavy atom. The third-order valence-corrected chi connectivity index (χ3v) is 20.1. The number of benzene rings is 4. The minimum absolute atomic E-state index is 0.0571. The topological polar surface area (TPSA) is 174 Å². The van der Waals surface area contributed by atoms with Crippen LogP contribution in [-0.2, 0) is 42.8 Å². The zero-order valence-corrected chi connectivity index (χ0v) is 53.6. The highest BCUT2D eigenvalue weighted by atomic mass is 16.2. The van der Waals surface area contributed by atoms with E-state index in [1.807, 2.05) is 42.5 Å². The summed E-state index contributed by atoms with van der Waals surface area (Å²) in [6, 6.07) is 37.4. The van der Waals surface area contributed by atoms with Crippen LogP contribution in [0.1, 0.15) is 157 Å². The zero-order chi connectivity index (χ0) is 62.4. The highest BCUT2D eigenvalue weighted by Crippen LogP contribution is 2.56. The van der Waals surface area contributed by atoms with Crippen LogP contribution in [0, 0.1) is 45.3 Å². The van der Waals surface area contributed by atoms with Crippen molar-refractivity contribution >= 4 is 80.6 Å². The maximum absolute atomic E-state index is 14.4. The van der Waals surface area contributed by atoms with Crippen LogP contribution in [0.5, 0.6) is 0 Å². The third-order valence-electron chi connectivity index (χ3n) is 20.1. The minimum Gasteiger partial charge on any atom is -0.354 e. The largest absolute Gasteiger partial charge is 0.354 e. The number of aromatic amines is 2. The second kappa shape index (κ2) is 20.6. The van der Waals surface area contributed by atoms with Crippen molar-refractivity contribution in [1.82, 2.24) is 19.9 Å². The summed E-state index contributed by atoms with van der Waals surface area (Å²) in [5.74, 6) is -0.910. The van der Waals surface area contributed by atoms with Crippen LogP contribution >= 0.6 is 0 Å². The number of fused-ring (bicyclic) bond motifs is 8. The normalized spacial score (nSPS) is 20.6. The summed E-state index contributed by atoms with van der Waals surface area (Å²) < 4.78 is 0. The molecule has 452 valence electrons. The highest BCUT2D eigenvalue weighted by Gasteiger charge is 2.53. The molecule has 6 N–H and O–H groups in total. The van der Waals surface area contributed by atoms with E-state index in [9.17, 15) is 19.2 Å². The SMILES string of the molecule is CC(C)(C)c1ccc(-c2c3nc(c(-c4c(NC(=O)[C@H]5CC5(C)C)cccc4NC(=O)[C@@H]4CC4(C)C)c4ccc([nH]4)c(-c4ccc(C(C)(C)C)cc4)c4nc(c(-c5c(NC(=O)[C@H]6CC6(C)C)cccc5NC(=O)[C@@H]5CC5(C)C)c5ccc2[nH]5)CC4)C=C3)cc1. The Morgan fingerprint density at radius 2 is 0.682 bits per heavy atom. The van der Waals surface area contributed by atoms with E-state index in [0.29, 0.717) is 63.7 Å². The lowest BCUT2D eigenvalue weighted by molar-refractivity contribution is -0.118. The van der Waals surface area contributed by atoms with Crippen LogP contribution < -0.4 is 21.3 Å². The van der Waals surface area contributed by atoms with Crippen LogP contribution in [0.4, 0.5) is 22.7 Å². The molecule has 3 aromatic heterocycles. The number of carbonyl (C=O) groups excluding carboxylic acids is 4. The molecule has 0 spiro atoms. The molecule has 0 unspecified atom stereocenters. The van der Waals surface area contributed by atoms with E-state index >= 15 is 0 Å². The van der Waals surface area contributed by atoms with Gasteiger partial charge in [-0.05, 0) is 154 Å². The molecule has 12 heteroatoms. The maximum Gasteiger partial charge on any atom is 0.228 e. The lowest BCUT2D eigenvalue weighted by Crippen LogP contribution is -2.19. The van der Waals surface area contributed by atoms with Gasteiger partial charge in [0.2, 0.25) is 23.6 Å². The van der Waals surface area contributed by atoms with Gasteiger partial charge in [-0.25, -0.2) is 4.98 Å². The monoisotopic (exact) mass is 1170 g/mol. The standard InChI is InChI=1S/C76H84N8O4/c1-71(2,3)43-25-21-41(22-26-43)61-53-29-33-57(77-53)65(63-49(81-67(85)45-37-73(45,7)8)17-15-18-50(63)82-68(86)46-38-74(46,9)10)59-35-31-55(79-59)62(42-23-27-44(28-24-42)72(4,5)6)56-32-36-60(80-56)66(58-34-30-54(61)78-58)64-51(83-69(87)47-39-75(47,11)12)19-16-20-52(64)84-70(88)48-40-76(48,13)14/h15-31,33-35,45-48,78-79H,32,36-40H2,1-14H3,(H,81,85)(H,82,86)(H,83,87)(H,84,88)/t45-,46+,47-,48+. The molecule has 12 nitrogen and oxygen atoms in total. The average Bonchev–Trinajstić information content (AvgIpc) is 1.66. The van der Waals surface area contributed by atoms with E-state index in [1.165, 1.54) is 11.1 Å². The number of nitrogens with one attached hydrogen (secondary N) is 6. The first-order chi connectivity index (χ1) is 41.5. The van der Waals surface area contributed by atoms with Gasteiger partial charge in [-0.3, -0.25) is 24.2 Å². The molecule has 4 aliphatic carbocycles. The van der Waals surface area contributed by atoms with Gasteiger partial charge in [0, 0.05) is 79.1 Å². The van der Waals surface area contributed by atoms with Gasteiger partial charge in [-0.15, -0.1) is 0 Å². The van der Waals surface area contributed by atoms with Crippen LogP contribution in [0.15, 0.2) is 109 Å². The summed E-state index contributed by atoms with van der Waals surface area (Å²) >= 11 is 0. The molecule has 88 heavy (non-hydrogen) atoms. The fourth-order valence-corrected chi connectivity index (χ4v) is 13.5. The van der Waals surface area contributed by atoms with Gasteiger partial charge in [-0.2, -0.15) is 0 Å². The summed E-state index contributed by atoms with van der Waals surface area (Å²) in [5.41, 5.74) is 16.5. The molecule has 0 saturated heterocycles. The van der Waals surface area contributed by atoms with E-state index in [-0.39, 0.29) is 79.8 Å². The Labute approximate surface area is 517 Å². The summed E-state index contributed by atoms with van der Waals surface area (Å²) in [6.07, 6.45) is 8.32. The van der Waals surface area contributed by atoms with Gasteiger partial charge in [0.25, 0.3) is 0 Å². The molecule has 4 atom stereocenters. The summed E-state index contributed by atoms with van der Waals surface area (Å²) in [7, 11) is 0. The van der Waals surface area contributed by atoms with Crippen molar-refractivity contribution in [3.05, 3.63) is 143 Å². The number of nitrogens with zero attached hydrogens (tertiary/aromatic N) is 2. The molecule has 0 radical (unpaired) electrons. The van der Waals surface area contributed by atoms with E-state index < -0.39 is 0 Å². The van der Waals surface area contributed by atoms with Crippen molar-refractivity contribution in [2.45, 2.75) is 146 Å². The van der Waals surface area contributed by atoms with Gasteiger partial charge in [0.05, 0.1) is 45.5 Å². The lowest BCUT2D eigenvalue weighted by Gasteiger charge is -2.19. The van der Waals surface area contributed by atoms with Crippen LogP contribution in [0.25, 0.3) is 78.7 Å². The number of anilines is 4. The predicted octanol–water partition coefficient (Wildman–Crippen LogP) is 17.5. The molecule has 4 saturated carbocycles. The summed E-state index contributed by atoms with van der Waals surface area (Å²) in [6.45, 7) is 30.3. The molecule has 6 aliphatic rings. The Balaban J connectivity index is 1.14. The Kier molecular flexibility index (Phi) is 13.7. The van der Waals surface area contributed by atoms with Crippen molar-refractivity contribution < 1.29 is 19.2 Å². The fourth-order valence-electron chi connectivity index (χ4n) is 13.5. The number of aromatic nitrogens is 4. The number of rotatable bonds is 12. The molecule has 4 aromatic carbocycles. The number of aryl methyl sites for hydroxylation is 2. The molecule has 4 amide bonds. The molecular formula is C76H84N8O4. The van der Waals surface area contributed by atoms with Gasteiger partial charge in [-0.1, -0.05) is 158 Å². The fraction of sp³-hybridized carbons (Fsp3) is 0.395. The minimum atomic E-state index is -0.169. The molecule has 13 rings (SSSR count). The Bertz CT molecular complexity index is 4180. The summed E-state index contributed by atoms with van der Waals surface area (Å²) in [4.78, 5) is 77.0. The number of amides is 4. The van der Waals surface area contributed by atoms with Gasteiger partial charge in [0.15, 0.2) is 0 Å². The highest BCUT2D eigenvalue weighted by molar-refractivity contribution is 6.11. The number of carbonyl (C=O) groups is 4. The van der Waals surface area contributed by atoms with Gasteiger partial charge in [0.1, 0.15) is 0 Å². The van der Waals surface area contributed by atoms with Crippen molar-refractivity contribution in [1.29, 1.82) is 0 Å².